The molecule has 2 atom stereocenters. The number of hydrogen-bond acceptors (Lipinski definition) is 2. The van der Waals surface area contributed by atoms with Gasteiger partial charge in [0.25, 0.3) is 0 Å². The third-order valence-corrected chi connectivity index (χ3v) is 3.90. The van der Waals surface area contributed by atoms with Crippen molar-refractivity contribution in [3.63, 3.8) is 0 Å². The van der Waals surface area contributed by atoms with Crippen LogP contribution in [0.3, 0.4) is 0 Å². The monoisotopic (exact) mass is 286 g/mol. The molecule has 0 aliphatic rings. The lowest BCUT2D eigenvalue weighted by Gasteiger charge is -2.25. The molecule has 0 bridgehead atoms. The molecule has 21 heavy (non-hydrogen) atoms. The number of aliphatic hydroxyl groups excluding tert-OH is 1. The van der Waals surface area contributed by atoms with Crippen molar-refractivity contribution in [2.45, 2.75) is 59.0 Å². The molecule has 2 nitrogen and oxygen atoms in total. The van der Waals surface area contributed by atoms with Crippen molar-refractivity contribution >= 4 is 5.78 Å². The van der Waals surface area contributed by atoms with Crippen LogP contribution in [0.15, 0.2) is 30.3 Å². The number of carbonyl (C=O) groups excluding carboxylic acids is 1. The summed E-state index contributed by atoms with van der Waals surface area (Å²) in [4.78, 5) is 12.5. The molecule has 1 aromatic carbocycles. The maximum atomic E-state index is 12.5. The first kappa shape index (κ1) is 17.5. The Balaban J connectivity index is 2.70. The summed E-state index contributed by atoms with van der Waals surface area (Å²) in [5, 5.41) is 9.97. The Morgan fingerprint density at radius 2 is 2.00 bits per heavy atom. The summed E-state index contributed by atoms with van der Waals surface area (Å²) in [6.45, 7) is 5.51. The van der Waals surface area contributed by atoms with Gasteiger partial charge in [0.15, 0.2) is 5.78 Å². The summed E-state index contributed by atoms with van der Waals surface area (Å²) < 4.78 is 0. The maximum absolute atomic E-state index is 12.5. The number of unbranched alkanes of at least 4 members (excludes halogenated alkanes) is 2. The molecule has 1 rings (SSSR count). The van der Waals surface area contributed by atoms with Gasteiger partial charge < -0.3 is 5.11 Å². The topological polar surface area (TPSA) is 37.3 Å². The molecule has 0 radical (unpaired) electrons. The number of aryl methyl sites for hydroxylation is 1. The predicted octanol–water partition coefficient (Wildman–Crippen LogP) is 3.77. The van der Waals surface area contributed by atoms with E-state index in [1.165, 1.54) is 0 Å². The van der Waals surface area contributed by atoms with Gasteiger partial charge in [0.1, 0.15) is 5.41 Å². The molecule has 2 heteroatoms. The first-order valence-corrected chi connectivity index (χ1v) is 7.76. The zero-order valence-electron chi connectivity index (χ0n) is 13.4. The van der Waals surface area contributed by atoms with Crippen LogP contribution in [0.4, 0.5) is 0 Å². The molecule has 1 aromatic rings. The summed E-state index contributed by atoms with van der Waals surface area (Å²) in [5.41, 5.74) is 0.181. The fourth-order valence-electron chi connectivity index (χ4n) is 2.08. The second kappa shape index (κ2) is 8.64. The Bertz CT molecular complexity index is 493. The summed E-state index contributed by atoms with van der Waals surface area (Å²) >= 11 is 0. The van der Waals surface area contributed by atoms with Crippen LogP contribution in [0.25, 0.3) is 0 Å². The van der Waals surface area contributed by atoms with Crippen molar-refractivity contribution < 1.29 is 9.90 Å². The van der Waals surface area contributed by atoms with Crippen LogP contribution in [-0.2, 0) is 11.2 Å². The van der Waals surface area contributed by atoms with E-state index in [0.717, 1.165) is 24.8 Å². The zero-order valence-corrected chi connectivity index (χ0v) is 13.4. The van der Waals surface area contributed by atoms with E-state index in [2.05, 4.69) is 18.8 Å². The van der Waals surface area contributed by atoms with Crippen LogP contribution < -0.4 is 0 Å². The van der Waals surface area contributed by atoms with Crippen molar-refractivity contribution in [3.05, 3.63) is 35.9 Å². The molecule has 0 fully saturated rings. The molecule has 0 heterocycles. The maximum Gasteiger partial charge on any atom is 0.153 e. The summed E-state index contributed by atoms with van der Waals surface area (Å²) in [5.74, 6) is 6.09. The summed E-state index contributed by atoms with van der Waals surface area (Å²) in [7, 11) is 0. The number of Topliss-reactive ketones (excluding diaryl/α,β-unsaturated/α-hetero) is 1. The first-order chi connectivity index (χ1) is 10.0. The van der Waals surface area contributed by atoms with Gasteiger partial charge in [0.05, 0.1) is 6.10 Å². The summed E-state index contributed by atoms with van der Waals surface area (Å²) in [6, 6.07) is 9.93. The average molecular weight is 286 g/mol. The molecule has 0 spiro atoms. The van der Waals surface area contributed by atoms with Crippen molar-refractivity contribution in [3.8, 4) is 11.8 Å². The number of aliphatic hydroxyl groups is 1. The van der Waals surface area contributed by atoms with E-state index in [1.54, 1.807) is 13.8 Å². The third-order valence-electron chi connectivity index (χ3n) is 3.90. The summed E-state index contributed by atoms with van der Waals surface area (Å²) in [6.07, 6.45) is 3.25. The predicted molar refractivity (Wildman–Crippen MR) is 86.9 cm³/mol. The molecule has 0 saturated heterocycles. The number of rotatable bonds is 7. The molecule has 0 unspecified atom stereocenters. The molecule has 0 saturated carbocycles. The van der Waals surface area contributed by atoms with E-state index in [0.29, 0.717) is 12.8 Å². The Morgan fingerprint density at radius 3 is 2.57 bits per heavy atom. The van der Waals surface area contributed by atoms with Gasteiger partial charge in [-0.2, -0.15) is 0 Å². The number of benzene rings is 1. The smallest absolute Gasteiger partial charge is 0.153 e. The standard InChI is InChI=1S/C19H26O2/c1-4-5-6-10-15-19(3,16(2)20)18(21)14-13-17-11-8-7-9-12-17/h7-9,11-12,16,20H,4-6,13-14H2,1-3H3/t16-,19-/m0/s1. The van der Waals surface area contributed by atoms with Crippen LogP contribution in [0.5, 0.6) is 0 Å². The molecule has 0 aliphatic carbocycles. The lowest BCUT2D eigenvalue weighted by molar-refractivity contribution is -0.129. The second-order valence-electron chi connectivity index (χ2n) is 5.69. The van der Waals surface area contributed by atoms with Gasteiger partial charge in [-0.25, -0.2) is 0 Å². The molecule has 0 amide bonds. The van der Waals surface area contributed by atoms with E-state index in [9.17, 15) is 9.90 Å². The van der Waals surface area contributed by atoms with Crippen LogP contribution in [0.2, 0.25) is 0 Å². The van der Waals surface area contributed by atoms with Crippen molar-refractivity contribution in [1.82, 2.24) is 0 Å². The molecular weight excluding hydrogens is 260 g/mol. The second-order valence-corrected chi connectivity index (χ2v) is 5.69. The lowest BCUT2D eigenvalue weighted by atomic mass is 9.79. The van der Waals surface area contributed by atoms with E-state index in [1.807, 2.05) is 30.3 Å². The van der Waals surface area contributed by atoms with Crippen molar-refractivity contribution in [2.75, 3.05) is 0 Å². The van der Waals surface area contributed by atoms with E-state index in [4.69, 9.17) is 0 Å². The van der Waals surface area contributed by atoms with Crippen LogP contribution in [0, 0.1) is 17.3 Å². The molecule has 114 valence electrons. The average Bonchev–Trinajstić information content (AvgIpc) is 2.49. The van der Waals surface area contributed by atoms with Gasteiger partial charge >= 0.3 is 0 Å². The number of ketones is 1. The minimum Gasteiger partial charge on any atom is -0.391 e. The van der Waals surface area contributed by atoms with Crippen molar-refractivity contribution in [1.29, 1.82) is 0 Å². The number of carbonyl (C=O) groups is 1. The van der Waals surface area contributed by atoms with Gasteiger partial charge in [-0.05, 0) is 32.3 Å². The highest BCUT2D eigenvalue weighted by Gasteiger charge is 2.35. The fourth-order valence-corrected chi connectivity index (χ4v) is 2.08. The van der Waals surface area contributed by atoms with Crippen LogP contribution >= 0.6 is 0 Å². The highest BCUT2D eigenvalue weighted by atomic mass is 16.3. The first-order valence-electron chi connectivity index (χ1n) is 7.76. The molecule has 1 N–H and O–H groups in total. The lowest BCUT2D eigenvalue weighted by Crippen LogP contribution is -2.37. The van der Waals surface area contributed by atoms with Gasteiger partial charge in [0, 0.05) is 12.8 Å². The highest BCUT2D eigenvalue weighted by molar-refractivity contribution is 5.88. The van der Waals surface area contributed by atoms with Gasteiger partial charge in [-0.1, -0.05) is 49.6 Å². The normalized spacial score (nSPS) is 14.7. The Labute approximate surface area is 128 Å². The van der Waals surface area contributed by atoms with E-state index in [-0.39, 0.29) is 5.78 Å². The minimum atomic E-state index is -0.956. The van der Waals surface area contributed by atoms with Gasteiger partial charge in [0.2, 0.25) is 0 Å². The highest BCUT2D eigenvalue weighted by Crippen LogP contribution is 2.24. The molecule has 0 aromatic heterocycles. The largest absolute Gasteiger partial charge is 0.391 e. The van der Waals surface area contributed by atoms with E-state index < -0.39 is 11.5 Å². The van der Waals surface area contributed by atoms with Crippen LogP contribution in [-0.4, -0.2) is 17.0 Å². The Kier molecular flexibility index (Phi) is 7.19. The van der Waals surface area contributed by atoms with Crippen molar-refractivity contribution in [2.24, 2.45) is 5.41 Å². The molecule has 0 aliphatic heterocycles. The zero-order chi connectivity index (χ0) is 15.7. The van der Waals surface area contributed by atoms with Crippen LogP contribution in [0.1, 0.15) is 52.0 Å². The molecular formula is C19H26O2. The third kappa shape index (κ3) is 5.36. The van der Waals surface area contributed by atoms with Gasteiger partial charge in [-0.3, -0.25) is 4.79 Å². The van der Waals surface area contributed by atoms with E-state index >= 15 is 0 Å². The fraction of sp³-hybridized carbons (Fsp3) is 0.526. The Hall–Kier alpha value is -1.59. The number of hydrogen-bond donors (Lipinski definition) is 1. The SMILES string of the molecule is CCCCC#C[C@](C)(C(=O)CCc1ccccc1)[C@H](C)O. The Morgan fingerprint density at radius 1 is 1.33 bits per heavy atom. The van der Waals surface area contributed by atoms with Gasteiger partial charge in [-0.15, -0.1) is 5.92 Å². The quantitative estimate of drug-likeness (QED) is 0.612. The minimum absolute atomic E-state index is 0.0188.